The van der Waals surface area contributed by atoms with Crippen LogP contribution in [0.1, 0.15) is 17.3 Å². The number of methoxy groups -OCH3 is 1. The van der Waals surface area contributed by atoms with Gasteiger partial charge in [0.25, 0.3) is 5.91 Å². The Morgan fingerprint density at radius 1 is 1.56 bits per heavy atom. The fraction of sp³-hybridized carbons (Fsp3) is 0.455. The predicted octanol–water partition coefficient (Wildman–Crippen LogP) is 1.16. The summed E-state index contributed by atoms with van der Waals surface area (Å²) in [5, 5.41) is 0. The van der Waals surface area contributed by atoms with Crippen LogP contribution in [-0.2, 0) is 9.53 Å². The van der Waals surface area contributed by atoms with Gasteiger partial charge in [0.15, 0.2) is 0 Å². The third-order valence-corrected chi connectivity index (χ3v) is 2.27. The van der Waals surface area contributed by atoms with Gasteiger partial charge in [0, 0.05) is 13.6 Å². The minimum absolute atomic E-state index is 0.176. The summed E-state index contributed by atoms with van der Waals surface area (Å²) in [6, 6.07) is 1.58. The molecule has 1 aromatic heterocycles. The van der Waals surface area contributed by atoms with Crippen LogP contribution in [0.25, 0.3) is 0 Å². The quantitative estimate of drug-likeness (QED) is 0.721. The Morgan fingerprint density at radius 3 is 2.75 bits per heavy atom. The van der Waals surface area contributed by atoms with Gasteiger partial charge in [-0.15, -0.1) is 0 Å². The van der Waals surface area contributed by atoms with Gasteiger partial charge in [-0.25, -0.2) is 0 Å². The van der Waals surface area contributed by atoms with E-state index in [1.165, 1.54) is 24.5 Å². The lowest BCUT2D eigenvalue weighted by Crippen LogP contribution is -2.33. The Bertz CT molecular complexity index is 358. The summed E-state index contributed by atoms with van der Waals surface area (Å²) in [5.41, 5.74) is 0.472. The summed E-state index contributed by atoms with van der Waals surface area (Å²) < 4.78 is 9.41. The molecule has 1 aromatic rings. The molecule has 5 nitrogen and oxygen atoms in total. The second-order valence-electron chi connectivity index (χ2n) is 3.62. The number of furan rings is 1. The smallest absolute Gasteiger partial charge is 0.310 e. The van der Waals surface area contributed by atoms with E-state index in [4.69, 9.17) is 4.42 Å². The van der Waals surface area contributed by atoms with Crippen molar-refractivity contribution in [3.8, 4) is 0 Å². The van der Waals surface area contributed by atoms with Crippen LogP contribution in [0.5, 0.6) is 0 Å². The fourth-order valence-corrected chi connectivity index (χ4v) is 1.38. The van der Waals surface area contributed by atoms with Crippen molar-refractivity contribution in [3.63, 3.8) is 0 Å². The van der Waals surface area contributed by atoms with Crippen LogP contribution in [0, 0.1) is 5.92 Å². The first-order valence-corrected chi connectivity index (χ1v) is 4.91. The van der Waals surface area contributed by atoms with Crippen LogP contribution in [0.3, 0.4) is 0 Å². The van der Waals surface area contributed by atoms with E-state index >= 15 is 0 Å². The number of amides is 1. The molecule has 0 aromatic carbocycles. The topological polar surface area (TPSA) is 59.8 Å². The first kappa shape index (κ1) is 12.3. The molecule has 0 spiro atoms. The minimum Gasteiger partial charge on any atom is -0.472 e. The monoisotopic (exact) mass is 225 g/mol. The van der Waals surface area contributed by atoms with Crippen molar-refractivity contribution in [2.45, 2.75) is 6.92 Å². The molecule has 0 aliphatic carbocycles. The van der Waals surface area contributed by atoms with E-state index in [-0.39, 0.29) is 17.8 Å². The molecule has 0 aliphatic heterocycles. The van der Waals surface area contributed by atoms with E-state index < -0.39 is 0 Å². The maximum Gasteiger partial charge on any atom is 0.310 e. The van der Waals surface area contributed by atoms with Crippen LogP contribution in [-0.4, -0.2) is 37.5 Å². The maximum absolute atomic E-state index is 11.8. The summed E-state index contributed by atoms with van der Waals surface area (Å²) >= 11 is 0. The number of carbonyl (C=O) groups excluding carboxylic acids is 2. The maximum atomic E-state index is 11.8. The second kappa shape index (κ2) is 5.34. The lowest BCUT2D eigenvalue weighted by atomic mass is 10.1. The molecule has 1 rings (SSSR count). The zero-order valence-electron chi connectivity index (χ0n) is 9.60. The molecule has 1 heterocycles. The number of esters is 1. The van der Waals surface area contributed by atoms with Gasteiger partial charge >= 0.3 is 5.97 Å². The average Bonchev–Trinajstić information content (AvgIpc) is 2.79. The Labute approximate surface area is 94.0 Å². The molecule has 16 heavy (non-hydrogen) atoms. The van der Waals surface area contributed by atoms with Gasteiger partial charge < -0.3 is 14.1 Å². The molecule has 0 fully saturated rings. The van der Waals surface area contributed by atoms with E-state index in [1.54, 1.807) is 20.0 Å². The average molecular weight is 225 g/mol. The molecular weight excluding hydrogens is 210 g/mol. The largest absolute Gasteiger partial charge is 0.472 e. The zero-order valence-corrected chi connectivity index (χ0v) is 9.60. The van der Waals surface area contributed by atoms with Crippen molar-refractivity contribution >= 4 is 11.9 Å². The normalized spacial score (nSPS) is 11.9. The molecule has 0 saturated heterocycles. The Morgan fingerprint density at radius 2 is 2.25 bits per heavy atom. The summed E-state index contributed by atoms with van der Waals surface area (Å²) in [6.45, 7) is 2.03. The number of ether oxygens (including phenoxy) is 1. The van der Waals surface area contributed by atoms with E-state index in [1.807, 2.05) is 0 Å². The summed E-state index contributed by atoms with van der Waals surface area (Å²) in [4.78, 5) is 24.4. The first-order valence-electron chi connectivity index (χ1n) is 4.91. The third kappa shape index (κ3) is 2.85. The van der Waals surface area contributed by atoms with Crippen molar-refractivity contribution in [3.05, 3.63) is 24.2 Å². The van der Waals surface area contributed by atoms with Crippen LogP contribution < -0.4 is 0 Å². The highest BCUT2D eigenvalue weighted by atomic mass is 16.5. The van der Waals surface area contributed by atoms with Gasteiger partial charge in [-0.3, -0.25) is 9.59 Å². The van der Waals surface area contributed by atoms with Gasteiger partial charge in [-0.2, -0.15) is 0 Å². The molecule has 88 valence electrons. The standard InChI is InChI=1S/C11H15NO4/c1-8(11(14)15-3)6-12(2)10(13)9-4-5-16-7-9/h4-5,7-8H,6H2,1-3H3. The lowest BCUT2D eigenvalue weighted by molar-refractivity contribution is -0.145. The molecule has 0 radical (unpaired) electrons. The first-order chi connectivity index (χ1) is 7.56. The van der Waals surface area contributed by atoms with Crippen LogP contribution >= 0.6 is 0 Å². The highest BCUT2D eigenvalue weighted by Gasteiger charge is 2.19. The summed E-state index contributed by atoms with van der Waals surface area (Å²) in [7, 11) is 2.96. The SMILES string of the molecule is COC(=O)C(C)CN(C)C(=O)c1ccoc1. The van der Waals surface area contributed by atoms with Crippen molar-refractivity contribution in [2.24, 2.45) is 5.92 Å². The van der Waals surface area contributed by atoms with Crippen molar-refractivity contribution in [1.82, 2.24) is 4.90 Å². The molecule has 5 heteroatoms. The Kier molecular flexibility index (Phi) is 4.10. The van der Waals surface area contributed by atoms with Gasteiger partial charge in [0.1, 0.15) is 6.26 Å². The number of hydrogen-bond acceptors (Lipinski definition) is 4. The van der Waals surface area contributed by atoms with E-state index in [0.29, 0.717) is 12.1 Å². The van der Waals surface area contributed by atoms with Crippen LogP contribution in [0.4, 0.5) is 0 Å². The van der Waals surface area contributed by atoms with Crippen molar-refractivity contribution in [2.75, 3.05) is 20.7 Å². The van der Waals surface area contributed by atoms with Gasteiger partial charge in [-0.05, 0) is 6.07 Å². The van der Waals surface area contributed by atoms with E-state index in [9.17, 15) is 9.59 Å². The highest BCUT2D eigenvalue weighted by Crippen LogP contribution is 2.07. The molecule has 0 N–H and O–H groups in total. The molecule has 1 amide bonds. The Balaban J connectivity index is 2.56. The minimum atomic E-state index is -0.342. The Hall–Kier alpha value is -1.78. The van der Waals surface area contributed by atoms with Gasteiger partial charge in [0.2, 0.25) is 0 Å². The summed E-state index contributed by atoms with van der Waals surface area (Å²) in [6.07, 6.45) is 2.81. The zero-order chi connectivity index (χ0) is 12.1. The predicted molar refractivity (Wildman–Crippen MR) is 56.8 cm³/mol. The number of carbonyl (C=O) groups is 2. The number of rotatable bonds is 4. The molecule has 0 aliphatic rings. The molecule has 0 saturated carbocycles. The van der Waals surface area contributed by atoms with Gasteiger partial charge in [0.05, 0.1) is 24.9 Å². The second-order valence-corrected chi connectivity index (χ2v) is 3.62. The van der Waals surface area contributed by atoms with Gasteiger partial charge in [-0.1, -0.05) is 6.92 Å². The third-order valence-electron chi connectivity index (χ3n) is 2.27. The molecule has 0 bridgehead atoms. The molecule has 1 unspecified atom stereocenters. The van der Waals surface area contributed by atoms with Crippen molar-refractivity contribution in [1.29, 1.82) is 0 Å². The van der Waals surface area contributed by atoms with Crippen LogP contribution in [0.15, 0.2) is 23.0 Å². The molecule has 1 atom stereocenters. The van der Waals surface area contributed by atoms with E-state index in [0.717, 1.165) is 0 Å². The highest BCUT2D eigenvalue weighted by molar-refractivity contribution is 5.93. The van der Waals surface area contributed by atoms with Crippen LogP contribution in [0.2, 0.25) is 0 Å². The lowest BCUT2D eigenvalue weighted by Gasteiger charge is -2.19. The number of nitrogens with zero attached hydrogens (tertiary/aromatic N) is 1. The van der Waals surface area contributed by atoms with Crippen molar-refractivity contribution < 1.29 is 18.7 Å². The molecular formula is C11H15NO4. The fourth-order valence-electron chi connectivity index (χ4n) is 1.38. The van der Waals surface area contributed by atoms with E-state index in [2.05, 4.69) is 4.74 Å². The summed E-state index contributed by atoms with van der Waals surface area (Å²) in [5.74, 6) is -0.845. The number of hydrogen-bond donors (Lipinski definition) is 0.